The Hall–Kier alpha value is -2.19. The Morgan fingerprint density at radius 3 is 2.34 bits per heavy atom. The highest BCUT2D eigenvalue weighted by molar-refractivity contribution is 7.99. The highest BCUT2D eigenvalue weighted by atomic mass is 32.2. The standard InChI is InChI=1S/C24H34N4S/c1-3-5-7-12-16-27-22-18-23(26)28(17-13-8-6-4-2)24(21(22)19-25)29-20-14-10-9-11-15-20/h9-11,14-15,18H,3-8,12-13,16-17H2,1-2H3,(H2,26,27)/p+1. The number of nitrogens with two attached hydrogens (primary N) is 1. The summed E-state index contributed by atoms with van der Waals surface area (Å²) in [5.74, 6) is 0.718. The number of unbranched alkanes of at least 4 members (excludes halogenated alkanes) is 6. The molecule has 29 heavy (non-hydrogen) atoms. The number of hydrogen-bond acceptors (Lipinski definition) is 4. The Bertz CT molecular complexity index is 784. The van der Waals surface area contributed by atoms with Crippen molar-refractivity contribution in [3.05, 3.63) is 42.0 Å². The van der Waals surface area contributed by atoms with Crippen molar-refractivity contribution in [3.8, 4) is 6.07 Å². The van der Waals surface area contributed by atoms with Gasteiger partial charge in [-0.25, -0.2) is 4.57 Å². The maximum absolute atomic E-state index is 9.99. The number of benzene rings is 1. The molecular formula is C24H35N4S+. The molecule has 0 aliphatic heterocycles. The van der Waals surface area contributed by atoms with Crippen molar-refractivity contribution in [2.24, 2.45) is 0 Å². The minimum absolute atomic E-state index is 0.694. The molecule has 1 heterocycles. The fourth-order valence-corrected chi connectivity index (χ4v) is 4.40. The summed E-state index contributed by atoms with van der Waals surface area (Å²) in [5.41, 5.74) is 8.01. The Kier molecular flexibility index (Phi) is 10.4. The number of hydrogen-bond donors (Lipinski definition) is 2. The molecule has 5 heteroatoms. The number of rotatable bonds is 13. The van der Waals surface area contributed by atoms with E-state index in [9.17, 15) is 5.26 Å². The summed E-state index contributed by atoms with van der Waals surface area (Å²) in [4.78, 5) is 1.12. The Balaban J connectivity index is 2.30. The molecule has 4 nitrogen and oxygen atoms in total. The zero-order valence-electron chi connectivity index (χ0n) is 17.9. The summed E-state index contributed by atoms with van der Waals surface area (Å²) < 4.78 is 2.12. The van der Waals surface area contributed by atoms with Crippen LogP contribution in [0.15, 0.2) is 46.3 Å². The predicted molar refractivity (Wildman–Crippen MR) is 123 cm³/mol. The molecule has 3 N–H and O–H groups in total. The second kappa shape index (κ2) is 13.1. The Labute approximate surface area is 180 Å². The molecule has 156 valence electrons. The van der Waals surface area contributed by atoms with E-state index in [4.69, 9.17) is 5.73 Å². The van der Waals surface area contributed by atoms with Gasteiger partial charge in [-0.05, 0) is 43.2 Å². The number of pyridine rings is 1. The summed E-state index contributed by atoms with van der Waals surface area (Å²) in [6.07, 6.45) is 9.45. The quantitative estimate of drug-likeness (QED) is 0.306. The topological polar surface area (TPSA) is 65.7 Å². The van der Waals surface area contributed by atoms with Crippen LogP contribution in [0, 0.1) is 11.3 Å². The van der Waals surface area contributed by atoms with E-state index in [1.807, 2.05) is 24.3 Å². The molecule has 0 amide bonds. The van der Waals surface area contributed by atoms with Crippen LogP contribution in [0.25, 0.3) is 0 Å². The smallest absolute Gasteiger partial charge is 0.275 e. The first kappa shape index (κ1) is 23.1. The zero-order chi connectivity index (χ0) is 20.9. The van der Waals surface area contributed by atoms with Crippen LogP contribution in [-0.4, -0.2) is 6.54 Å². The fourth-order valence-electron chi connectivity index (χ4n) is 3.32. The minimum atomic E-state index is 0.694. The van der Waals surface area contributed by atoms with Gasteiger partial charge in [0, 0.05) is 11.4 Å². The molecule has 0 fully saturated rings. The first-order valence-corrected chi connectivity index (χ1v) is 11.8. The monoisotopic (exact) mass is 411 g/mol. The van der Waals surface area contributed by atoms with Gasteiger partial charge < -0.3 is 5.32 Å². The van der Waals surface area contributed by atoms with E-state index in [1.165, 1.54) is 38.5 Å². The average Bonchev–Trinajstić information content (AvgIpc) is 2.73. The number of nitrogens with zero attached hydrogens (tertiary/aromatic N) is 2. The van der Waals surface area contributed by atoms with Crippen molar-refractivity contribution in [1.82, 2.24) is 0 Å². The van der Waals surface area contributed by atoms with E-state index in [0.717, 1.165) is 47.4 Å². The number of aromatic nitrogens is 1. The van der Waals surface area contributed by atoms with Crippen molar-refractivity contribution < 1.29 is 4.57 Å². The first-order valence-electron chi connectivity index (χ1n) is 10.9. The van der Waals surface area contributed by atoms with Crippen molar-refractivity contribution >= 4 is 23.3 Å². The summed E-state index contributed by atoms with van der Waals surface area (Å²) in [6, 6.07) is 14.6. The maximum atomic E-state index is 9.99. The highest BCUT2D eigenvalue weighted by Crippen LogP contribution is 2.32. The van der Waals surface area contributed by atoms with Crippen molar-refractivity contribution in [2.75, 3.05) is 17.6 Å². The van der Waals surface area contributed by atoms with Crippen LogP contribution in [0.1, 0.15) is 70.8 Å². The SMILES string of the molecule is CCCCCCNc1cc(N)[n+](CCCCCC)c(Sc2ccccc2)c1C#N. The van der Waals surface area contributed by atoms with Gasteiger partial charge in [0.05, 0.1) is 18.3 Å². The summed E-state index contributed by atoms with van der Waals surface area (Å²) >= 11 is 1.63. The molecule has 0 aliphatic carbocycles. The average molecular weight is 412 g/mol. The van der Waals surface area contributed by atoms with Crippen LogP contribution >= 0.6 is 11.8 Å². The number of nitrogen functional groups attached to an aromatic ring is 1. The van der Waals surface area contributed by atoms with Crippen LogP contribution in [0.4, 0.5) is 11.5 Å². The van der Waals surface area contributed by atoms with E-state index in [1.54, 1.807) is 11.8 Å². The highest BCUT2D eigenvalue weighted by Gasteiger charge is 2.22. The number of anilines is 2. The number of nitrogens with one attached hydrogen (secondary N) is 1. The van der Waals surface area contributed by atoms with Gasteiger partial charge in [-0.1, -0.05) is 64.2 Å². The lowest BCUT2D eigenvalue weighted by atomic mass is 10.2. The van der Waals surface area contributed by atoms with E-state index >= 15 is 0 Å². The van der Waals surface area contributed by atoms with Crippen LogP contribution in [0.3, 0.4) is 0 Å². The van der Waals surface area contributed by atoms with Crippen molar-refractivity contribution in [2.45, 2.75) is 81.7 Å². The van der Waals surface area contributed by atoms with Crippen LogP contribution < -0.4 is 15.6 Å². The van der Waals surface area contributed by atoms with Gasteiger partial charge in [0.2, 0.25) is 0 Å². The van der Waals surface area contributed by atoms with E-state index < -0.39 is 0 Å². The molecule has 0 atom stereocenters. The van der Waals surface area contributed by atoms with Gasteiger partial charge >= 0.3 is 0 Å². The molecule has 1 aromatic carbocycles. The van der Waals surface area contributed by atoms with Gasteiger partial charge in [0.1, 0.15) is 11.6 Å². The molecule has 2 aromatic rings. The maximum Gasteiger partial charge on any atom is 0.275 e. The lowest BCUT2D eigenvalue weighted by Gasteiger charge is -2.15. The summed E-state index contributed by atoms with van der Waals surface area (Å²) in [6.45, 7) is 6.13. The third kappa shape index (κ3) is 7.29. The van der Waals surface area contributed by atoms with Gasteiger partial charge in [-0.3, -0.25) is 5.73 Å². The molecule has 0 spiro atoms. The van der Waals surface area contributed by atoms with Crippen LogP contribution in [-0.2, 0) is 6.54 Å². The molecule has 0 saturated heterocycles. The zero-order valence-corrected chi connectivity index (χ0v) is 18.7. The summed E-state index contributed by atoms with van der Waals surface area (Å²) in [5, 5.41) is 14.4. The molecular weight excluding hydrogens is 376 g/mol. The lowest BCUT2D eigenvalue weighted by molar-refractivity contribution is -0.719. The molecule has 2 rings (SSSR count). The van der Waals surface area contributed by atoms with Crippen LogP contribution in [0.2, 0.25) is 0 Å². The lowest BCUT2D eigenvalue weighted by Crippen LogP contribution is -2.40. The fraction of sp³-hybridized carbons (Fsp3) is 0.500. The van der Waals surface area contributed by atoms with E-state index in [2.05, 4.69) is 41.9 Å². The van der Waals surface area contributed by atoms with Crippen molar-refractivity contribution in [1.29, 1.82) is 5.26 Å². The Morgan fingerprint density at radius 2 is 1.69 bits per heavy atom. The second-order valence-corrected chi connectivity index (χ2v) is 8.45. The van der Waals surface area contributed by atoms with Gasteiger partial charge in [0.15, 0.2) is 5.03 Å². The summed E-state index contributed by atoms with van der Waals surface area (Å²) in [7, 11) is 0. The van der Waals surface area contributed by atoms with Gasteiger partial charge in [0.25, 0.3) is 5.82 Å². The molecule has 0 radical (unpaired) electrons. The van der Waals surface area contributed by atoms with E-state index in [-0.39, 0.29) is 0 Å². The van der Waals surface area contributed by atoms with Crippen molar-refractivity contribution in [3.63, 3.8) is 0 Å². The number of nitriles is 1. The third-order valence-electron chi connectivity index (χ3n) is 4.98. The van der Waals surface area contributed by atoms with E-state index in [0.29, 0.717) is 5.56 Å². The molecule has 0 saturated carbocycles. The van der Waals surface area contributed by atoms with Gasteiger partial charge in [-0.15, -0.1) is 0 Å². The molecule has 1 aromatic heterocycles. The minimum Gasteiger partial charge on any atom is -0.384 e. The molecule has 0 bridgehead atoms. The second-order valence-electron chi connectivity index (χ2n) is 7.39. The van der Waals surface area contributed by atoms with Crippen LogP contribution in [0.5, 0.6) is 0 Å². The normalized spacial score (nSPS) is 10.7. The first-order chi connectivity index (χ1) is 14.2. The Morgan fingerprint density at radius 1 is 1.00 bits per heavy atom. The predicted octanol–water partition coefficient (Wildman–Crippen LogP) is 6.15. The molecule has 0 unspecified atom stereocenters. The third-order valence-corrected chi connectivity index (χ3v) is 6.11. The molecule has 0 aliphatic rings. The largest absolute Gasteiger partial charge is 0.384 e. The van der Waals surface area contributed by atoms with Gasteiger partial charge in [-0.2, -0.15) is 5.26 Å².